The second kappa shape index (κ2) is 6.22. The molecule has 0 amide bonds. The molecule has 0 atom stereocenters. The molecule has 1 aromatic carbocycles. The van der Waals surface area contributed by atoms with Gasteiger partial charge < -0.3 is 10.7 Å². The van der Waals surface area contributed by atoms with Gasteiger partial charge in [0.1, 0.15) is 5.82 Å². The number of rotatable bonds is 3. The summed E-state index contributed by atoms with van der Waals surface area (Å²) >= 11 is 1.75. The van der Waals surface area contributed by atoms with Crippen LogP contribution in [0.3, 0.4) is 0 Å². The highest BCUT2D eigenvalue weighted by Gasteiger charge is 2.21. The summed E-state index contributed by atoms with van der Waals surface area (Å²) in [5.41, 5.74) is 8.96. The highest BCUT2D eigenvalue weighted by atomic mass is 32.1. The molecule has 1 aliphatic rings. The average Bonchev–Trinajstić information content (AvgIpc) is 3.09. The summed E-state index contributed by atoms with van der Waals surface area (Å²) in [5, 5.41) is 2.08. The fraction of sp³-hybridized carbons (Fsp3) is 0.222. The molecule has 3 heterocycles. The third kappa shape index (κ3) is 2.98. The van der Waals surface area contributed by atoms with Gasteiger partial charge in [0, 0.05) is 42.2 Å². The lowest BCUT2D eigenvalue weighted by molar-refractivity contribution is 0.244. The molecule has 3 aromatic rings. The molecule has 4 rings (SSSR count). The molecule has 122 valence electrons. The molecule has 0 aliphatic carbocycles. The highest BCUT2D eigenvalue weighted by Crippen LogP contribution is 2.21. The zero-order valence-electron chi connectivity index (χ0n) is 13.2. The summed E-state index contributed by atoms with van der Waals surface area (Å²) in [6.07, 6.45) is 0.798. The molecular formula is C18H18N4OS. The second-order valence-corrected chi connectivity index (χ2v) is 7.03. The smallest absolute Gasteiger partial charge is 0.255 e. The molecule has 3 N–H and O–H groups in total. The predicted molar refractivity (Wildman–Crippen MR) is 96.8 cm³/mol. The van der Waals surface area contributed by atoms with Gasteiger partial charge in [0.05, 0.1) is 11.3 Å². The van der Waals surface area contributed by atoms with Gasteiger partial charge in [-0.25, -0.2) is 4.98 Å². The maximum absolute atomic E-state index is 12.5. The number of anilines is 1. The Bertz CT molecular complexity index is 900. The molecule has 6 heteroatoms. The van der Waals surface area contributed by atoms with Crippen LogP contribution in [0.25, 0.3) is 11.4 Å². The van der Waals surface area contributed by atoms with E-state index in [1.807, 2.05) is 24.3 Å². The average molecular weight is 338 g/mol. The monoisotopic (exact) mass is 338 g/mol. The minimum atomic E-state index is -0.0392. The Balaban J connectivity index is 1.61. The molecular weight excluding hydrogens is 320 g/mol. The lowest BCUT2D eigenvalue weighted by atomic mass is 10.1. The summed E-state index contributed by atoms with van der Waals surface area (Å²) in [6.45, 7) is 2.45. The van der Waals surface area contributed by atoms with Crippen molar-refractivity contribution in [2.45, 2.75) is 19.5 Å². The van der Waals surface area contributed by atoms with E-state index >= 15 is 0 Å². The fourth-order valence-electron chi connectivity index (χ4n) is 3.02. The lowest BCUT2D eigenvalue weighted by Crippen LogP contribution is -2.35. The number of fused-ring (bicyclic) bond motifs is 1. The number of H-pyrrole nitrogens is 1. The van der Waals surface area contributed by atoms with Crippen LogP contribution in [0.2, 0.25) is 0 Å². The van der Waals surface area contributed by atoms with E-state index in [-0.39, 0.29) is 5.56 Å². The van der Waals surface area contributed by atoms with E-state index in [2.05, 4.69) is 32.4 Å². The Morgan fingerprint density at radius 3 is 2.83 bits per heavy atom. The fourth-order valence-corrected chi connectivity index (χ4v) is 3.76. The first-order chi connectivity index (χ1) is 11.7. The normalized spacial score (nSPS) is 14.5. The minimum absolute atomic E-state index is 0.0392. The molecule has 0 bridgehead atoms. The van der Waals surface area contributed by atoms with Crippen molar-refractivity contribution < 1.29 is 0 Å². The van der Waals surface area contributed by atoms with Gasteiger partial charge in [0.2, 0.25) is 0 Å². The van der Waals surface area contributed by atoms with Crippen molar-refractivity contribution in [2.24, 2.45) is 0 Å². The van der Waals surface area contributed by atoms with Crippen molar-refractivity contribution in [1.82, 2.24) is 14.9 Å². The van der Waals surface area contributed by atoms with Crippen LogP contribution in [0.4, 0.5) is 5.69 Å². The predicted octanol–water partition coefficient (Wildman–Crippen LogP) is 2.64. The van der Waals surface area contributed by atoms with Gasteiger partial charge >= 0.3 is 0 Å². The molecule has 0 saturated carbocycles. The van der Waals surface area contributed by atoms with Gasteiger partial charge in [0.25, 0.3) is 5.56 Å². The molecule has 5 nitrogen and oxygen atoms in total. The van der Waals surface area contributed by atoms with Gasteiger partial charge in [-0.1, -0.05) is 6.07 Å². The largest absolute Gasteiger partial charge is 0.399 e. The van der Waals surface area contributed by atoms with Crippen LogP contribution in [-0.4, -0.2) is 21.4 Å². The second-order valence-electron chi connectivity index (χ2n) is 6.00. The van der Waals surface area contributed by atoms with Crippen LogP contribution < -0.4 is 11.3 Å². The van der Waals surface area contributed by atoms with Crippen molar-refractivity contribution in [3.05, 3.63) is 68.3 Å². The van der Waals surface area contributed by atoms with Crippen LogP contribution in [0, 0.1) is 0 Å². The summed E-state index contributed by atoms with van der Waals surface area (Å²) < 4.78 is 0. The van der Waals surface area contributed by atoms with Crippen LogP contribution >= 0.6 is 11.3 Å². The first-order valence-corrected chi connectivity index (χ1v) is 8.80. The topological polar surface area (TPSA) is 75.0 Å². The van der Waals surface area contributed by atoms with Crippen LogP contribution in [-0.2, 0) is 19.5 Å². The minimum Gasteiger partial charge on any atom is -0.399 e. The van der Waals surface area contributed by atoms with Gasteiger partial charge in [-0.15, -0.1) is 11.3 Å². The molecule has 0 unspecified atom stereocenters. The SMILES string of the molecule is Nc1ccc(-c2nc3c(c(=O)[nH]2)CN(Cc2cccs2)CC3)cc1. The van der Waals surface area contributed by atoms with Gasteiger partial charge in [0.15, 0.2) is 0 Å². The van der Waals surface area contributed by atoms with Crippen molar-refractivity contribution in [2.75, 3.05) is 12.3 Å². The quantitative estimate of drug-likeness (QED) is 0.720. The number of thiophene rings is 1. The molecule has 1 aliphatic heterocycles. The first-order valence-electron chi connectivity index (χ1n) is 7.92. The maximum atomic E-state index is 12.5. The Hall–Kier alpha value is -2.44. The number of nitrogens with one attached hydrogen (secondary N) is 1. The summed E-state index contributed by atoms with van der Waals surface area (Å²) in [4.78, 5) is 23.8. The van der Waals surface area contributed by atoms with E-state index in [1.165, 1.54) is 4.88 Å². The maximum Gasteiger partial charge on any atom is 0.255 e. The summed E-state index contributed by atoms with van der Waals surface area (Å²) in [7, 11) is 0. The Kier molecular flexibility index (Phi) is 3.92. The number of benzene rings is 1. The third-order valence-electron chi connectivity index (χ3n) is 4.29. The zero-order chi connectivity index (χ0) is 16.5. The summed E-state index contributed by atoms with van der Waals surface area (Å²) in [5.74, 6) is 0.616. The molecule has 0 radical (unpaired) electrons. The number of aromatic nitrogens is 2. The van der Waals surface area contributed by atoms with Crippen LogP contribution in [0.1, 0.15) is 16.1 Å². The highest BCUT2D eigenvalue weighted by molar-refractivity contribution is 7.09. The Morgan fingerprint density at radius 1 is 1.25 bits per heavy atom. The molecule has 2 aromatic heterocycles. The number of hydrogen-bond acceptors (Lipinski definition) is 5. The van der Waals surface area contributed by atoms with Crippen LogP contribution in [0.15, 0.2) is 46.6 Å². The van der Waals surface area contributed by atoms with Crippen molar-refractivity contribution in [3.8, 4) is 11.4 Å². The third-order valence-corrected chi connectivity index (χ3v) is 5.15. The standard InChI is InChI=1S/C18H18N4OS/c19-13-5-3-12(4-6-13)17-20-16-7-8-22(10-14-2-1-9-24-14)11-15(16)18(23)21-17/h1-6,9H,7-8,10-11,19H2,(H,20,21,23). The molecule has 24 heavy (non-hydrogen) atoms. The zero-order valence-corrected chi connectivity index (χ0v) is 14.0. The lowest BCUT2D eigenvalue weighted by Gasteiger charge is -2.27. The van der Waals surface area contributed by atoms with Crippen molar-refractivity contribution in [1.29, 1.82) is 0 Å². The van der Waals surface area contributed by atoms with Crippen LogP contribution in [0.5, 0.6) is 0 Å². The first kappa shape index (κ1) is 15.1. The molecule has 0 fully saturated rings. The molecule has 0 saturated heterocycles. The Morgan fingerprint density at radius 2 is 2.08 bits per heavy atom. The van der Waals surface area contributed by atoms with E-state index in [0.29, 0.717) is 18.1 Å². The van der Waals surface area contributed by atoms with E-state index in [4.69, 9.17) is 5.73 Å². The number of aromatic amines is 1. The number of hydrogen-bond donors (Lipinski definition) is 2. The number of nitrogens with zero attached hydrogens (tertiary/aromatic N) is 2. The number of nitrogen functional groups attached to an aromatic ring is 1. The van der Waals surface area contributed by atoms with Gasteiger partial charge in [-0.3, -0.25) is 9.69 Å². The van der Waals surface area contributed by atoms with E-state index in [1.54, 1.807) is 11.3 Å². The van der Waals surface area contributed by atoms with Gasteiger partial charge in [-0.05, 0) is 35.7 Å². The van der Waals surface area contributed by atoms with Gasteiger partial charge in [-0.2, -0.15) is 0 Å². The van der Waals surface area contributed by atoms with E-state index in [0.717, 1.165) is 36.3 Å². The van der Waals surface area contributed by atoms with Crippen molar-refractivity contribution >= 4 is 17.0 Å². The van der Waals surface area contributed by atoms with E-state index < -0.39 is 0 Å². The van der Waals surface area contributed by atoms with Crippen molar-refractivity contribution in [3.63, 3.8) is 0 Å². The Labute approximate surface area is 143 Å². The molecule has 0 spiro atoms. The summed E-state index contributed by atoms with van der Waals surface area (Å²) in [6, 6.07) is 11.6. The number of nitrogens with two attached hydrogens (primary N) is 1. The van der Waals surface area contributed by atoms with E-state index in [9.17, 15) is 4.79 Å².